The maximum atomic E-state index is 14.0. The fraction of sp³-hybridized carbons (Fsp3) is 0.571. The van der Waals surface area contributed by atoms with Crippen LogP contribution in [0.25, 0.3) is 0 Å². The molecule has 0 aromatic heterocycles. The summed E-state index contributed by atoms with van der Waals surface area (Å²) < 4.78 is 0. The highest BCUT2D eigenvalue weighted by Gasteiger charge is 2.63. The number of carbonyl (C=O) groups excluding carboxylic acids is 2. The molecule has 0 spiro atoms. The molecule has 5 atom stereocenters. The molecule has 214 valence electrons. The number of rotatable bonds is 8. The van der Waals surface area contributed by atoms with Crippen LogP contribution in [0.1, 0.15) is 47.7 Å². The Morgan fingerprint density at radius 3 is 2.41 bits per heavy atom. The number of nitrogens with zero attached hydrogens (tertiary/aromatic N) is 2. The van der Waals surface area contributed by atoms with E-state index in [0.29, 0.717) is 17.7 Å². The molecule has 8 N–H and O–H groups in total. The molecule has 11 heteroatoms. The van der Waals surface area contributed by atoms with Crippen LogP contribution in [-0.2, 0) is 17.8 Å². The van der Waals surface area contributed by atoms with E-state index in [1.165, 1.54) is 0 Å². The monoisotopic (exact) mass is 544 g/mol. The Morgan fingerprint density at radius 1 is 1.18 bits per heavy atom. The van der Waals surface area contributed by atoms with Crippen molar-refractivity contribution < 1.29 is 35.1 Å². The number of aliphatic hydroxyl groups excluding tert-OH is 3. The van der Waals surface area contributed by atoms with Gasteiger partial charge < -0.3 is 41.5 Å². The van der Waals surface area contributed by atoms with Gasteiger partial charge >= 0.3 is 0 Å². The van der Waals surface area contributed by atoms with Crippen molar-refractivity contribution in [1.82, 2.24) is 10.2 Å². The van der Waals surface area contributed by atoms with E-state index in [0.717, 1.165) is 25.1 Å². The zero-order valence-corrected chi connectivity index (χ0v) is 23.2. The molecular formula is C28H40N4O7. The van der Waals surface area contributed by atoms with Crippen molar-refractivity contribution in [2.45, 2.75) is 57.0 Å². The van der Waals surface area contributed by atoms with Crippen molar-refractivity contribution in [3.63, 3.8) is 0 Å². The first-order valence-corrected chi connectivity index (χ1v) is 13.3. The number of aromatic hydroxyl groups is 1. The third kappa shape index (κ3) is 4.42. The summed E-state index contributed by atoms with van der Waals surface area (Å²) in [7, 11) is 6.96. The van der Waals surface area contributed by atoms with E-state index in [-0.39, 0.29) is 29.7 Å². The van der Waals surface area contributed by atoms with Crippen molar-refractivity contribution >= 4 is 17.3 Å². The molecule has 3 aliphatic carbocycles. The average Bonchev–Trinajstić information content (AvgIpc) is 2.84. The molecule has 1 aromatic carbocycles. The Hall–Kier alpha value is -2.96. The summed E-state index contributed by atoms with van der Waals surface area (Å²) in [5.41, 5.74) is 4.17. The lowest BCUT2D eigenvalue weighted by molar-refractivity contribution is -0.148. The van der Waals surface area contributed by atoms with Gasteiger partial charge in [0.25, 0.3) is 0 Å². The first-order valence-electron chi connectivity index (χ1n) is 13.3. The summed E-state index contributed by atoms with van der Waals surface area (Å²) in [5, 5.41) is 58.8. The third-order valence-corrected chi connectivity index (χ3v) is 8.37. The van der Waals surface area contributed by atoms with Crippen LogP contribution >= 0.6 is 0 Å². The molecule has 3 aliphatic rings. The van der Waals surface area contributed by atoms with Gasteiger partial charge in [0.1, 0.15) is 23.5 Å². The van der Waals surface area contributed by atoms with Crippen molar-refractivity contribution in [2.75, 3.05) is 39.6 Å². The Morgan fingerprint density at radius 2 is 1.85 bits per heavy atom. The minimum Gasteiger partial charge on any atom is -0.510 e. The summed E-state index contributed by atoms with van der Waals surface area (Å²) in [6.07, 6.45) is 0.410. The predicted molar refractivity (Wildman–Crippen MR) is 146 cm³/mol. The van der Waals surface area contributed by atoms with E-state index in [9.17, 15) is 35.1 Å². The van der Waals surface area contributed by atoms with Gasteiger partial charge in [0.05, 0.1) is 17.2 Å². The number of phenols is 1. The smallest absolute Gasteiger partial charge is 0.205 e. The Labute approximate surface area is 228 Å². The van der Waals surface area contributed by atoms with Gasteiger partial charge in [-0.1, -0.05) is 13.3 Å². The number of hydrogen-bond acceptors (Lipinski definition) is 11. The van der Waals surface area contributed by atoms with Gasteiger partial charge in [-0.2, -0.15) is 0 Å². The van der Waals surface area contributed by atoms with Crippen molar-refractivity contribution in [1.29, 1.82) is 0 Å². The number of Topliss-reactive ketones (excluding diaryl/α,β-unsaturated/α-hetero) is 2. The molecule has 0 fully saturated rings. The number of carbonyl (C=O) groups is 2. The molecule has 0 saturated carbocycles. The minimum absolute atomic E-state index is 0.0400. The SMILES string of the molecule is CCCCNCc1cc(N(C)C)c2c(c1O)C(=O)C1=C(O)[C@]3(O)C(=O)C(C(N)O)=C(O)[C@@H](N(C)C)[C@@H]3C[C@@H]1C2. The number of ketones is 2. The predicted octanol–water partition coefficient (Wildman–Crippen LogP) is 0.868. The molecule has 11 nitrogen and oxygen atoms in total. The number of likely N-dealkylation sites (N-methyl/N-ethyl adjacent to an activating group) is 1. The van der Waals surface area contributed by atoms with Crippen molar-refractivity contribution in [3.8, 4) is 5.75 Å². The summed E-state index contributed by atoms with van der Waals surface area (Å²) in [5.74, 6) is -4.91. The molecule has 1 unspecified atom stereocenters. The van der Waals surface area contributed by atoms with Gasteiger partial charge in [0, 0.05) is 43.4 Å². The maximum Gasteiger partial charge on any atom is 0.205 e. The molecule has 0 heterocycles. The highest BCUT2D eigenvalue weighted by atomic mass is 16.4. The van der Waals surface area contributed by atoms with Crippen LogP contribution in [0, 0.1) is 11.8 Å². The second kappa shape index (κ2) is 10.5. The third-order valence-electron chi connectivity index (χ3n) is 8.37. The fourth-order valence-corrected chi connectivity index (χ4v) is 6.49. The molecule has 0 radical (unpaired) electrons. The largest absolute Gasteiger partial charge is 0.510 e. The molecule has 4 rings (SSSR count). The van der Waals surface area contributed by atoms with Crippen LogP contribution in [0.15, 0.2) is 28.7 Å². The van der Waals surface area contributed by atoms with Gasteiger partial charge in [-0.3, -0.25) is 14.5 Å². The lowest BCUT2D eigenvalue weighted by Crippen LogP contribution is -2.64. The maximum absolute atomic E-state index is 14.0. The zero-order chi connectivity index (χ0) is 29.0. The Balaban J connectivity index is 1.89. The van der Waals surface area contributed by atoms with Gasteiger partial charge in [-0.05, 0) is 57.5 Å². The van der Waals surface area contributed by atoms with Crippen LogP contribution in [0.2, 0.25) is 0 Å². The van der Waals surface area contributed by atoms with Gasteiger partial charge in [0.2, 0.25) is 5.78 Å². The molecular weight excluding hydrogens is 504 g/mol. The van der Waals surface area contributed by atoms with Gasteiger partial charge in [-0.25, -0.2) is 0 Å². The van der Waals surface area contributed by atoms with Gasteiger partial charge in [0.15, 0.2) is 11.4 Å². The van der Waals surface area contributed by atoms with E-state index in [1.54, 1.807) is 19.0 Å². The number of benzene rings is 1. The van der Waals surface area contributed by atoms with E-state index in [1.807, 2.05) is 25.1 Å². The van der Waals surface area contributed by atoms with Crippen LogP contribution in [0.3, 0.4) is 0 Å². The first kappa shape index (κ1) is 29.0. The number of nitrogens with two attached hydrogens (primary N) is 1. The topological polar surface area (TPSA) is 180 Å². The van der Waals surface area contributed by atoms with Crippen LogP contribution in [-0.4, -0.2) is 94.6 Å². The number of fused-ring (bicyclic) bond motifs is 3. The average molecular weight is 545 g/mol. The second-order valence-electron chi connectivity index (χ2n) is 11.3. The normalized spacial score (nSPS) is 27.5. The fourth-order valence-electron chi connectivity index (χ4n) is 6.49. The highest BCUT2D eigenvalue weighted by molar-refractivity contribution is 6.16. The lowest BCUT2D eigenvalue weighted by Gasteiger charge is -2.50. The summed E-state index contributed by atoms with van der Waals surface area (Å²) in [4.78, 5) is 30.9. The van der Waals surface area contributed by atoms with E-state index in [2.05, 4.69) is 12.2 Å². The molecule has 1 aromatic rings. The van der Waals surface area contributed by atoms with Crippen LogP contribution < -0.4 is 16.0 Å². The second-order valence-corrected chi connectivity index (χ2v) is 11.3. The van der Waals surface area contributed by atoms with Crippen molar-refractivity contribution in [2.24, 2.45) is 17.6 Å². The number of hydrogen-bond donors (Lipinski definition) is 7. The Bertz CT molecular complexity index is 1250. The van der Waals surface area contributed by atoms with Crippen LogP contribution in [0.4, 0.5) is 5.69 Å². The molecule has 0 aliphatic heterocycles. The van der Waals surface area contributed by atoms with Gasteiger partial charge in [-0.15, -0.1) is 0 Å². The molecule has 0 amide bonds. The number of nitrogens with one attached hydrogen (secondary N) is 1. The summed E-state index contributed by atoms with van der Waals surface area (Å²) in [6, 6.07) is 0.893. The number of phenolic OH excluding ortho intramolecular Hbond substituents is 1. The van der Waals surface area contributed by atoms with Crippen molar-refractivity contribution in [3.05, 3.63) is 45.4 Å². The quantitative estimate of drug-likeness (QED) is 0.182. The van der Waals surface area contributed by atoms with E-state index >= 15 is 0 Å². The minimum atomic E-state index is -2.59. The van der Waals surface area contributed by atoms with E-state index in [4.69, 9.17) is 5.73 Å². The van der Waals surface area contributed by atoms with Crippen LogP contribution in [0.5, 0.6) is 5.75 Å². The number of allylic oxidation sites excluding steroid dienone is 1. The Kier molecular flexibility index (Phi) is 7.85. The lowest BCUT2D eigenvalue weighted by atomic mass is 9.58. The first-order chi connectivity index (χ1) is 18.3. The molecule has 0 saturated heterocycles. The standard InChI is InChI=1S/C28H40N4O7/c1-6-7-8-30-12-14-11-17(31(2)3)15-9-13-10-16-21(32(4)5)24(35)20(27(29)38)26(37)28(16,39)25(36)18(13)23(34)19(15)22(14)33/h11,13,16,21,27,30,33,35-36,38-39H,6-10,12,29H2,1-5H3/t13-,16-,21-,27?,28-/m0/s1. The number of anilines is 1. The number of unbranched alkanes of at least 4 members (excludes halogenated alkanes) is 1. The zero-order valence-electron chi connectivity index (χ0n) is 23.2. The summed E-state index contributed by atoms with van der Waals surface area (Å²) in [6.45, 7) is 3.15. The molecule has 0 bridgehead atoms. The summed E-state index contributed by atoms with van der Waals surface area (Å²) >= 11 is 0. The van der Waals surface area contributed by atoms with E-state index < -0.39 is 58.4 Å². The molecule has 39 heavy (non-hydrogen) atoms. The number of aliphatic hydroxyl groups is 4. The highest BCUT2D eigenvalue weighted by Crippen LogP contribution is 2.53.